The van der Waals surface area contributed by atoms with E-state index in [1.807, 2.05) is 29.8 Å². The molecule has 0 saturated carbocycles. The Bertz CT molecular complexity index is 604. The van der Waals surface area contributed by atoms with Crippen LogP contribution >= 0.6 is 0 Å². The minimum atomic E-state index is -1.73. The number of nitriles is 1. The fraction of sp³-hybridized carbons (Fsp3) is 0.357. The van der Waals surface area contributed by atoms with E-state index >= 15 is 0 Å². The number of nitrogens with zero attached hydrogens (tertiary/aromatic N) is 2. The van der Waals surface area contributed by atoms with Crippen molar-refractivity contribution >= 4 is 19.2 Å². The summed E-state index contributed by atoms with van der Waals surface area (Å²) in [5, 5.41) is 10.5. The lowest BCUT2D eigenvalue weighted by molar-refractivity contribution is 0.246. The summed E-state index contributed by atoms with van der Waals surface area (Å²) < 4.78 is 7.99. The Morgan fingerprint density at radius 1 is 1.28 bits per heavy atom. The lowest BCUT2D eigenvalue weighted by atomic mass is 10.2. The van der Waals surface area contributed by atoms with Crippen LogP contribution in [-0.4, -0.2) is 12.9 Å². The van der Waals surface area contributed by atoms with Gasteiger partial charge in [0.1, 0.15) is 0 Å². The topological polar surface area (TPSA) is 38.0 Å². The molecule has 1 aromatic carbocycles. The van der Waals surface area contributed by atoms with Crippen molar-refractivity contribution < 1.29 is 4.43 Å². The summed E-state index contributed by atoms with van der Waals surface area (Å²) >= 11 is 0. The Kier molecular flexibility index (Phi) is 3.29. The number of aryl methyl sites for hydroxylation is 1. The zero-order valence-electron chi connectivity index (χ0n) is 11.3. The molecule has 1 aromatic heterocycles. The van der Waals surface area contributed by atoms with Crippen molar-refractivity contribution in [3.63, 3.8) is 0 Å². The van der Waals surface area contributed by atoms with Crippen LogP contribution in [0.25, 0.3) is 10.9 Å². The van der Waals surface area contributed by atoms with Crippen LogP contribution in [-0.2, 0) is 11.5 Å². The molecule has 0 saturated heterocycles. The maximum absolute atomic E-state index is 9.33. The Morgan fingerprint density at radius 2 is 1.94 bits per heavy atom. The van der Waals surface area contributed by atoms with Crippen molar-refractivity contribution in [1.29, 1.82) is 5.26 Å². The van der Waals surface area contributed by atoms with Crippen molar-refractivity contribution in [3.05, 3.63) is 36.0 Å². The predicted octanol–water partition coefficient (Wildman–Crippen LogP) is 3.59. The maximum Gasteiger partial charge on any atom is 0.186 e. The second-order valence-electron chi connectivity index (χ2n) is 5.43. The highest BCUT2D eigenvalue weighted by Gasteiger charge is 2.24. The van der Waals surface area contributed by atoms with E-state index in [2.05, 4.69) is 37.8 Å². The summed E-state index contributed by atoms with van der Waals surface area (Å²) in [6.45, 7) is 6.29. The second-order valence-corrected chi connectivity index (χ2v) is 9.89. The van der Waals surface area contributed by atoms with Crippen LogP contribution in [0.1, 0.15) is 11.8 Å². The van der Waals surface area contributed by atoms with Gasteiger partial charge in [0.2, 0.25) is 0 Å². The summed E-state index contributed by atoms with van der Waals surface area (Å²) in [7, 11) is 0.250. The predicted molar refractivity (Wildman–Crippen MR) is 75.7 cm³/mol. The highest BCUT2D eigenvalue weighted by molar-refractivity contribution is 6.69. The smallest absolute Gasteiger partial charge is 0.186 e. The summed E-state index contributed by atoms with van der Waals surface area (Å²) in [6.07, 6.45) is -0.478. The van der Waals surface area contributed by atoms with E-state index < -0.39 is 14.4 Å². The molecule has 0 N–H and O–H groups in total. The Hall–Kier alpha value is -1.57. The molecule has 0 bridgehead atoms. The van der Waals surface area contributed by atoms with Gasteiger partial charge in [-0.15, -0.1) is 0 Å². The normalized spacial score (nSPS) is 13.5. The molecule has 0 fully saturated rings. The van der Waals surface area contributed by atoms with Crippen molar-refractivity contribution in [2.75, 3.05) is 0 Å². The zero-order chi connectivity index (χ0) is 13.3. The van der Waals surface area contributed by atoms with Crippen molar-refractivity contribution in [1.82, 2.24) is 4.57 Å². The summed E-state index contributed by atoms with van der Waals surface area (Å²) in [6, 6.07) is 12.4. The third-order valence-electron chi connectivity index (χ3n) is 2.85. The van der Waals surface area contributed by atoms with E-state index in [9.17, 15) is 5.26 Å². The lowest BCUT2D eigenvalue weighted by Gasteiger charge is -2.22. The molecule has 0 aliphatic carbocycles. The molecule has 2 aromatic rings. The van der Waals surface area contributed by atoms with E-state index in [1.54, 1.807) is 0 Å². The fourth-order valence-electron chi connectivity index (χ4n) is 2.07. The molecule has 0 aliphatic heterocycles. The summed E-state index contributed by atoms with van der Waals surface area (Å²) in [5.74, 6) is 0. The molecule has 1 unspecified atom stereocenters. The molecule has 94 valence electrons. The molecule has 0 spiro atoms. The van der Waals surface area contributed by atoms with E-state index in [0.717, 1.165) is 16.6 Å². The number of fused-ring (bicyclic) bond motifs is 1. The number of aromatic nitrogens is 1. The molecule has 0 amide bonds. The molecule has 2 rings (SSSR count). The summed E-state index contributed by atoms with van der Waals surface area (Å²) in [4.78, 5) is 0. The van der Waals surface area contributed by atoms with Gasteiger partial charge in [-0.25, -0.2) is 0 Å². The SMILES string of the molecule is Cn1c(C(C#N)O[Si](C)(C)C)cc2ccccc21. The molecular formula is C14H18N2OSi. The number of hydrogen-bond donors (Lipinski definition) is 0. The third-order valence-corrected chi connectivity index (χ3v) is 3.79. The van der Waals surface area contributed by atoms with Gasteiger partial charge in [-0.2, -0.15) is 5.26 Å². The minimum absolute atomic E-state index is 0.478. The molecule has 3 nitrogen and oxygen atoms in total. The number of para-hydroxylation sites is 1. The quantitative estimate of drug-likeness (QED) is 0.789. The van der Waals surface area contributed by atoms with Gasteiger partial charge < -0.3 is 8.99 Å². The van der Waals surface area contributed by atoms with Crippen LogP contribution in [0.3, 0.4) is 0 Å². The average molecular weight is 258 g/mol. The first-order valence-corrected chi connectivity index (χ1v) is 9.45. The maximum atomic E-state index is 9.33. The van der Waals surface area contributed by atoms with Crippen LogP contribution in [0.5, 0.6) is 0 Å². The van der Waals surface area contributed by atoms with Gasteiger partial charge >= 0.3 is 0 Å². The number of hydrogen-bond acceptors (Lipinski definition) is 2. The van der Waals surface area contributed by atoms with Crippen molar-refractivity contribution in [2.45, 2.75) is 25.7 Å². The largest absolute Gasteiger partial charge is 0.398 e. The first-order valence-electron chi connectivity index (χ1n) is 6.04. The molecule has 1 atom stereocenters. The van der Waals surface area contributed by atoms with E-state index in [4.69, 9.17) is 4.43 Å². The number of benzene rings is 1. The van der Waals surface area contributed by atoms with Gasteiger partial charge in [-0.3, -0.25) is 0 Å². The third kappa shape index (κ3) is 2.47. The van der Waals surface area contributed by atoms with E-state index in [-0.39, 0.29) is 0 Å². The molecule has 18 heavy (non-hydrogen) atoms. The number of rotatable bonds is 3. The van der Waals surface area contributed by atoms with E-state index in [1.165, 1.54) is 0 Å². The monoisotopic (exact) mass is 258 g/mol. The van der Waals surface area contributed by atoms with Gasteiger partial charge in [0, 0.05) is 12.6 Å². The average Bonchev–Trinajstić information content (AvgIpc) is 2.63. The molecule has 1 heterocycles. The Morgan fingerprint density at radius 3 is 2.50 bits per heavy atom. The Labute approximate surface area is 109 Å². The second kappa shape index (κ2) is 4.60. The zero-order valence-corrected chi connectivity index (χ0v) is 12.3. The lowest BCUT2D eigenvalue weighted by Crippen LogP contribution is -2.28. The van der Waals surface area contributed by atoms with Gasteiger partial charge in [-0.1, -0.05) is 18.2 Å². The first-order chi connectivity index (χ1) is 8.42. The molecular weight excluding hydrogens is 240 g/mol. The highest BCUT2D eigenvalue weighted by atomic mass is 28.4. The van der Waals surface area contributed by atoms with Gasteiger partial charge in [0.25, 0.3) is 0 Å². The fourth-order valence-corrected chi connectivity index (χ4v) is 2.95. The van der Waals surface area contributed by atoms with Crippen LogP contribution in [0.2, 0.25) is 19.6 Å². The van der Waals surface area contributed by atoms with Crippen LogP contribution in [0, 0.1) is 11.3 Å². The molecule has 0 aliphatic rings. The minimum Gasteiger partial charge on any atom is -0.398 e. The highest BCUT2D eigenvalue weighted by Crippen LogP contribution is 2.27. The first kappa shape index (κ1) is 12.9. The molecule has 0 radical (unpaired) electrons. The van der Waals surface area contributed by atoms with Crippen molar-refractivity contribution in [2.24, 2.45) is 7.05 Å². The summed E-state index contributed by atoms with van der Waals surface area (Å²) in [5.41, 5.74) is 2.06. The van der Waals surface area contributed by atoms with Crippen molar-refractivity contribution in [3.8, 4) is 6.07 Å². The van der Waals surface area contributed by atoms with Gasteiger partial charge in [0.15, 0.2) is 14.4 Å². The standard InChI is InChI=1S/C14H18N2OSi/c1-16-12-8-6-5-7-11(12)9-13(16)14(10-15)17-18(2,3)4/h5-9,14H,1-4H3. The Balaban J connectivity index is 2.46. The van der Waals surface area contributed by atoms with Crippen LogP contribution in [0.15, 0.2) is 30.3 Å². The van der Waals surface area contributed by atoms with E-state index in [0.29, 0.717) is 0 Å². The van der Waals surface area contributed by atoms with Gasteiger partial charge in [0.05, 0.1) is 11.8 Å². The van der Waals surface area contributed by atoms with Gasteiger partial charge in [-0.05, 0) is 37.2 Å². The van der Waals surface area contributed by atoms with Crippen LogP contribution < -0.4 is 0 Å². The van der Waals surface area contributed by atoms with Crippen LogP contribution in [0.4, 0.5) is 0 Å². The molecule has 4 heteroatoms.